The molecule has 0 bridgehead atoms. The standard InChI is InChI=1S/C21H23N3O2/c1-3-16-4-6-17(7-5-16)14-24-20(12-13-22-24)23-21(25)19-10-8-18(9-11-19)15-26-2/h4-13H,3,14-15H2,1-2H3,(H,23,25). The first-order valence-corrected chi connectivity index (χ1v) is 8.68. The number of nitrogens with one attached hydrogen (secondary N) is 1. The van der Waals surface area contributed by atoms with Crippen molar-refractivity contribution < 1.29 is 9.53 Å². The lowest BCUT2D eigenvalue weighted by Gasteiger charge is -2.10. The van der Waals surface area contributed by atoms with Crippen molar-refractivity contribution in [1.82, 2.24) is 9.78 Å². The summed E-state index contributed by atoms with van der Waals surface area (Å²) in [6.07, 6.45) is 2.71. The first kappa shape index (κ1) is 17.9. The zero-order valence-electron chi connectivity index (χ0n) is 15.1. The van der Waals surface area contributed by atoms with Crippen molar-refractivity contribution >= 4 is 11.7 Å². The molecule has 0 unspecified atom stereocenters. The number of aryl methyl sites for hydroxylation is 1. The van der Waals surface area contributed by atoms with E-state index in [1.54, 1.807) is 36.2 Å². The zero-order chi connectivity index (χ0) is 18.4. The van der Waals surface area contributed by atoms with Crippen LogP contribution in [0.1, 0.15) is 34.0 Å². The van der Waals surface area contributed by atoms with Gasteiger partial charge in [0.2, 0.25) is 0 Å². The molecule has 0 spiro atoms. The number of carbonyl (C=O) groups excluding carboxylic acids is 1. The molecule has 0 aliphatic heterocycles. The van der Waals surface area contributed by atoms with Gasteiger partial charge in [0.1, 0.15) is 5.82 Å². The summed E-state index contributed by atoms with van der Waals surface area (Å²) in [5, 5.41) is 7.26. The number of methoxy groups -OCH3 is 1. The van der Waals surface area contributed by atoms with Gasteiger partial charge in [0, 0.05) is 18.7 Å². The first-order chi connectivity index (χ1) is 12.7. The van der Waals surface area contributed by atoms with E-state index in [2.05, 4.69) is 41.6 Å². The summed E-state index contributed by atoms with van der Waals surface area (Å²) < 4.78 is 6.88. The maximum atomic E-state index is 12.5. The van der Waals surface area contributed by atoms with Crippen LogP contribution < -0.4 is 5.32 Å². The Morgan fingerprint density at radius 3 is 2.31 bits per heavy atom. The van der Waals surface area contributed by atoms with Crippen LogP contribution in [-0.2, 0) is 24.3 Å². The van der Waals surface area contributed by atoms with Gasteiger partial charge in [-0.25, -0.2) is 4.68 Å². The number of ether oxygens (including phenoxy) is 1. The van der Waals surface area contributed by atoms with E-state index in [0.29, 0.717) is 24.5 Å². The third kappa shape index (κ3) is 4.37. The third-order valence-electron chi connectivity index (χ3n) is 4.25. The average Bonchev–Trinajstić information content (AvgIpc) is 3.10. The first-order valence-electron chi connectivity index (χ1n) is 8.68. The van der Waals surface area contributed by atoms with Crippen molar-refractivity contribution in [2.75, 3.05) is 12.4 Å². The summed E-state index contributed by atoms with van der Waals surface area (Å²) >= 11 is 0. The van der Waals surface area contributed by atoms with Gasteiger partial charge in [-0.2, -0.15) is 5.10 Å². The van der Waals surface area contributed by atoms with E-state index < -0.39 is 0 Å². The lowest BCUT2D eigenvalue weighted by molar-refractivity contribution is 0.102. The number of anilines is 1. The van der Waals surface area contributed by atoms with Gasteiger partial charge in [0.15, 0.2) is 0 Å². The Kier molecular flexibility index (Phi) is 5.81. The number of carbonyl (C=O) groups is 1. The minimum absolute atomic E-state index is 0.156. The fraction of sp³-hybridized carbons (Fsp3) is 0.238. The van der Waals surface area contributed by atoms with Crippen LogP contribution in [0.25, 0.3) is 0 Å². The van der Waals surface area contributed by atoms with E-state index in [0.717, 1.165) is 17.5 Å². The van der Waals surface area contributed by atoms with Crippen LogP contribution in [-0.4, -0.2) is 22.8 Å². The number of hydrogen-bond donors (Lipinski definition) is 1. The largest absolute Gasteiger partial charge is 0.380 e. The van der Waals surface area contributed by atoms with E-state index in [-0.39, 0.29) is 5.91 Å². The van der Waals surface area contributed by atoms with Crippen molar-refractivity contribution in [2.24, 2.45) is 0 Å². The predicted octanol–water partition coefficient (Wildman–Crippen LogP) is 3.89. The molecule has 0 saturated heterocycles. The molecule has 1 N–H and O–H groups in total. The summed E-state index contributed by atoms with van der Waals surface area (Å²) in [6, 6.07) is 17.6. The number of hydrogen-bond acceptors (Lipinski definition) is 3. The maximum Gasteiger partial charge on any atom is 0.256 e. The quantitative estimate of drug-likeness (QED) is 0.704. The van der Waals surface area contributed by atoms with Crippen molar-refractivity contribution in [3.8, 4) is 0 Å². The number of aromatic nitrogens is 2. The molecule has 0 aliphatic carbocycles. The molecule has 0 fully saturated rings. The monoisotopic (exact) mass is 349 g/mol. The Bertz CT molecular complexity index is 852. The van der Waals surface area contributed by atoms with Gasteiger partial charge in [-0.1, -0.05) is 43.3 Å². The van der Waals surface area contributed by atoms with Gasteiger partial charge in [-0.3, -0.25) is 4.79 Å². The highest BCUT2D eigenvalue weighted by molar-refractivity contribution is 6.03. The van der Waals surface area contributed by atoms with Gasteiger partial charge in [0.25, 0.3) is 5.91 Å². The second-order valence-electron chi connectivity index (χ2n) is 6.13. The molecule has 5 nitrogen and oxygen atoms in total. The van der Waals surface area contributed by atoms with Crippen molar-refractivity contribution in [1.29, 1.82) is 0 Å². The summed E-state index contributed by atoms with van der Waals surface area (Å²) in [6.45, 7) is 3.28. The second-order valence-corrected chi connectivity index (χ2v) is 6.13. The summed E-state index contributed by atoms with van der Waals surface area (Å²) in [7, 11) is 1.65. The summed E-state index contributed by atoms with van der Waals surface area (Å²) in [4.78, 5) is 12.5. The normalized spacial score (nSPS) is 10.7. The molecular formula is C21H23N3O2. The summed E-state index contributed by atoms with van der Waals surface area (Å²) in [5.74, 6) is 0.521. The Morgan fingerprint density at radius 2 is 1.65 bits per heavy atom. The molecule has 5 heteroatoms. The topological polar surface area (TPSA) is 56.2 Å². The molecule has 134 valence electrons. The Hall–Kier alpha value is -2.92. The second kappa shape index (κ2) is 8.45. The molecule has 3 aromatic rings. The molecule has 1 heterocycles. The minimum atomic E-state index is -0.156. The van der Waals surface area contributed by atoms with Crippen LogP contribution >= 0.6 is 0 Å². The van der Waals surface area contributed by atoms with Crippen molar-refractivity contribution in [2.45, 2.75) is 26.5 Å². The van der Waals surface area contributed by atoms with E-state index >= 15 is 0 Å². The van der Waals surface area contributed by atoms with Gasteiger partial charge in [-0.15, -0.1) is 0 Å². The summed E-state index contributed by atoms with van der Waals surface area (Å²) in [5.41, 5.74) is 4.08. The average molecular weight is 349 g/mol. The molecule has 3 rings (SSSR count). The van der Waals surface area contributed by atoms with Crippen LogP contribution in [0.15, 0.2) is 60.8 Å². The molecular weight excluding hydrogens is 326 g/mol. The zero-order valence-corrected chi connectivity index (χ0v) is 15.1. The van der Waals surface area contributed by atoms with Gasteiger partial charge < -0.3 is 10.1 Å². The number of rotatable bonds is 7. The van der Waals surface area contributed by atoms with E-state index in [1.165, 1.54) is 5.56 Å². The van der Waals surface area contributed by atoms with Gasteiger partial charge in [-0.05, 0) is 35.2 Å². The minimum Gasteiger partial charge on any atom is -0.380 e. The van der Waals surface area contributed by atoms with Crippen molar-refractivity contribution in [3.05, 3.63) is 83.0 Å². The van der Waals surface area contributed by atoms with Crippen LogP contribution in [0, 0.1) is 0 Å². The third-order valence-corrected chi connectivity index (χ3v) is 4.25. The molecule has 2 aromatic carbocycles. The van der Waals surface area contributed by atoms with Gasteiger partial charge >= 0.3 is 0 Å². The van der Waals surface area contributed by atoms with Crippen LogP contribution in [0.5, 0.6) is 0 Å². The SMILES string of the molecule is CCc1ccc(Cn2nccc2NC(=O)c2ccc(COC)cc2)cc1. The molecule has 26 heavy (non-hydrogen) atoms. The van der Waals surface area contributed by atoms with E-state index in [9.17, 15) is 4.79 Å². The molecule has 0 atom stereocenters. The highest BCUT2D eigenvalue weighted by Gasteiger charge is 2.10. The Labute approximate surface area is 153 Å². The van der Waals surface area contributed by atoms with E-state index in [1.807, 2.05) is 12.1 Å². The van der Waals surface area contributed by atoms with Crippen LogP contribution in [0.3, 0.4) is 0 Å². The fourth-order valence-electron chi connectivity index (χ4n) is 2.73. The van der Waals surface area contributed by atoms with Crippen LogP contribution in [0.2, 0.25) is 0 Å². The highest BCUT2D eigenvalue weighted by Crippen LogP contribution is 2.14. The molecule has 1 amide bonds. The molecule has 0 radical (unpaired) electrons. The molecule has 1 aromatic heterocycles. The highest BCUT2D eigenvalue weighted by atomic mass is 16.5. The fourth-order valence-corrected chi connectivity index (χ4v) is 2.73. The van der Waals surface area contributed by atoms with Crippen molar-refractivity contribution in [3.63, 3.8) is 0 Å². The number of amides is 1. The lowest BCUT2D eigenvalue weighted by atomic mass is 10.1. The predicted molar refractivity (Wildman–Crippen MR) is 102 cm³/mol. The van der Waals surface area contributed by atoms with Gasteiger partial charge in [0.05, 0.1) is 19.3 Å². The molecule has 0 saturated carbocycles. The Morgan fingerprint density at radius 1 is 1.00 bits per heavy atom. The maximum absolute atomic E-state index is 12.5. The Balaban J connectivity index is 1.68. The smallest absolute Gasteiger partial charge is 0.256 e. The number of nitrogens with zero attached hydrogens (tertiary/aromatic N) is 2. The molecule has 0 aliphatic rings. The number of benzene rings is 2. The van der Waals surface area contributed by atoms with Crippen LogP contribution in [0.4, 0.5) is 5.82 Å². The lowest BCUT2D eigenvalue weighted by Crippen LogP contribution is -2.16. The van der Waals surface area contributed by atoms with E-state index in [4.69, 9.17) is 4.74 Å².